The number of aryl methyl sites for hydroxylation is 1. The molecule has 0 spiro atoms. The van der Waals surface area contributed by atoms with Crippen LogP contribution in [0, 0.1) is 0 Å². The molecule has 1 heterocycles. The molecule has 0 fully saturated rings. The van der Waals surface area contributed by atoms with Gasteiger partial charge in [-0.3, -0.25) is 4.98 Å². The van der Waals surface area contributed by atoms with Crippen LogP contribution >= 0.6 is 0 Å². The number of halogens is 3. The van der Waals surface area contributed by atoms with E-state index in [1.807, 2.05) is 0 Å². The number of alkyl halides is 3. The molecule has 15 heavy (non-hydrogen) atoms. The van der Waals surface area contributed by atoms with Crippen molar-refractivity contribution in [3.63, 3.8) is 0 Å². The summed E-state index contributed by atoms with van der Waals surface area (Å²) in [5.74, 6) is 0. The van der Waals surface area contributed by atoms with Gasteiger partial charge >= 0.3 is 6.18 Å². The number of aromatic nitrogens is 1. The first-order valence-electron chi connectivity index (χ1n) is 5.13. The third kappa shape index (κ3) is 2.13. The lowest BCUT2D eigenvalue weighted by molar-refractivity contribution is -0.141. The zero-order valence-corrected chi connectivity index (χ0v) is 8.27. The first-order chi connectivity index (χ1) is 7.09. The number of hydrogen-bond donors (Lipinski definition) is 0. The van der Waals surface area contributed by atoms with E-state index in [0.717, 1.165) is 31.2 Å². The zero-order valence-electron chi connectivity index (χ0n) is 8.27. The molecular weight excluding hydrogens is 203 g/mol. The van der Waals surface area contributed by atoms with Crippen LogP contribution in [-0.2, 0) is 19.0 Å². The van der Waals surface area contributed by atoms with Crippen LogP contribution in [0.15, 0.2) is 12.3 Å². The Kier molecular flexibility index (Phi) is 2.67. The van der Waals surface area contributed by atoms with Crippen LogP contribution in [0.25, 0.3) is 0 Å². The number of hydrogen-bond acceptors (Lipinski definition) is 1. The molecule has 1 nitrogen and oxygen atoms in total. The van der Waals surface area contributed by atoms with E-state index in [9.17, 15) is 13.2 Å². The van der Waals surface area contributed by atoms with Crippen molar-refractivity contribution in [1.82, 2.24) is 4.98 Å². The molecule has 1 aliphatic rings. The summed E-state index contributed by atoms with van der Waals surface area (Å²) >= 11 is 0. The van der Waals surface area contributed by atoms with Gasteiger partial charge in [0.1, 0.15) is 5.69 Å². The highest BCUT2D eigenvalue weighted by Gasteiger charge is 2.36. The molecule has 0 atom stereocenters. The van der Waals surface area contributed by atoms with Crippen molar-refractivity contribution in [2.45, 2.75) is 38.3 Å². The smallest absolute Gasteiger partial charge is 0.251 e. The maximum atomic E-state index is 12.6. The van der Waals surface area contributed by atoms with E-state index in [1.165, 1.54) is 6.20 Å². The lowest BCUT2D eigenvalue weighted by Crippen LogP contribution is -2.13. The Morgan fingerprint density at radius 3 is 2.53 bits per heavy atom. The molecule has 1 aromatic heterocycles. The van der Waals surface area contributed by atoms with E-state index < -0.39 is 11.9 Å². The van der Waals surface area contributed by atoms with E-state index in [1.54, 1.807) is 6.07 Å². The summed E-state index contributed by atoms with van der Waals surface area (Å²) in [6.07, 6.45) is 1.05. The molecule has 0 N–H and O–H groups in total. The molecule has 0 saturated carbocycles. The van der Waals surface area contributed by atoms with E-state index >= 15 is 0 Å². The molecule has 0 aromatic carbocycles. The molecule has 0 bridgehead atoms. The average molecular weight is 215 g/mol. The van der Waals surface area contributed by atoms with E-state index in [2.05, 4.69) is 4.98 Å². The zero-order chi connectivity index (χ0) is 10.9. The number of nitrogens with zero attached hydrogens (tertiary/aromatic N) is 1. The molecule has 0 radical (unpaired) electrons. The fourth-order valence-electron chi connectivity index (χ4n) is 2.08. The summed E-state index contributed by atoms with van der Waals surface area (Å²) in [6.45, 7) is 0. The standard InChI is InChI=1S/C11H12F3N/c12-11(13,14)10-9-5-3-1-2-4-8(9)6-7-15-10/h6-7H,1-5H2. The van der Waals surface area contributed by atoms with Crippen LogP contribution in [0.1, 0.15) is 36.1 Å². The van der Waals surface area contributed by atoms with Gasteiger partial charge in [-0.15, -0.1) is 0 Å². The van der Waals surface area contributed by atoms with Gasteiger partial charge in [-0.25, -0.2) is 0 Å². The van der Waals surface area contributed by atoms with Gasteiger partial charge in [-0.05, 0) is 42.9 Å². The van der Waals surface area contributed by atoms with E-state index in [-0.39, 0.29) is 0 Å². The lowest BCUT2D eigenvalue weighted by atomic mass is 10.0. The van der Waals surface area contributed by atoms with Crippen molar-refractivity contribution in [1.29, 1.82) is 0 Å². The van der Waals surface area contributed by atoms with Crippen LogP contribution in [0.3, 0.4) is 0 Å². The van der Waals surface area contributed by atoms with E-state index in [0.29, 0.717) is 12.0 Å². The fourth-order valence-corrected chi connectivity index (χ4v) is 2.08. The second-order valence-corrected chi connectivity index (χ2v) is 3.86. The Bertz CT molecular complexity index is 357. The Labute approximate surface area is 86.3 Å². The summed E-state index contributed by atoms with van der Waals surface area (Å²) < 4.78 is 37.9. The second kappa shape index (κ2) is 3.83. The Hall–Kier alpha value is -1.06. The van der Waals surface area contributed by atoms with E-state index in [4.69, 9.17) is 0 Å². The minimum absolute atomic E-state index is 0.419. The first kappa shape index (κ1) is 10.5. The van der Waals surface area contributed by atoms with Gasteiger partial charge in [0.15, 0.2) is 0 Å². The summed E-state index contributed by atoms with van der Waals surface area (Å²) in [6, 6.07) is 1.72. The monoisotopic (exact) mass is 215 g/mol. The summed E-state index contributed by atoms with van der Waals surface area (Å²) in [5.41, 5.74) is 0.569. The minimum atomic E-state index is -4.31. The summed E-state index contributed by atoms with van der Waals surface area (Å²) in [5, 5.41) is 0. The second-order valence-electron chi connectivity index (χ2n) is 3.86. The van der Waals surface area contributed by atoms with Crippen molar-refractivity contribution in [3.05, 3.63) is 29.1 Å². The summed E-state index contributed by atoms with van der Waals surface area (Å²) in [7, 11) is 0. The highest BCUT2D eigenvalue weighted by atomic mass is 19.4. The predicted octanol–water partition coefficient (Wildman–Crippen LogP) is 3.37. The van der Waals surface area contributed by atoms with Crippen LogP contribution in [0.5, 0.6) is 0 Å². The number of fused-ring (bicyclic) bond motifs is 1. The van der Waals surface area contributed by atoms with Crippen LogP contribution in [0.2, 0.25) is 0 Å². The minimum Gasteiger partial charge on any atom is -0.251 e. The van der Waals surface area contributed by atoms with Crippen molar-refractivity contribution >= 4 is 0 Å². The molecule has 4 heteroatoms. The molecule has 0 aliphatic heterocycles. The maximum Gasteiger partial charge on any atom is 0.433 e. The molecule has 0 amide bonds. The molecule has 2 rings (SSSR count). The highest BCUT2D eigenvalue weighted by molar-refractivity contribution is 5.32. The third-order valence-corrected chi connectivity index (χ3v) is 2.79. The van der Waals surface area contributed by atoms with Crippen LogP contribution in [-0.4, -0.2) is 4.98 Å². The topological polar surface area (TPSA) is 12.9 Å². The Balaban J connectivity index is 2.48. The third-order valence-electron chi connectivity index (χ3n) is 2.79. The first-order valence-corrected chi connectivity index (χ1v) is 5.13. The molecule has 1 aromatic rings. The van der Waals surface area contributed by atoms with Gasteiger partial charge in [0, 0.05) is 6.20 Å². The molecule has 82 valence electrons. The maximum absolute atomic E-state index is 12.6. The molecule has 1 aliphatic carbocycles. The average Bonchev–Trinajstić information content (AvgIpc) is 2.39. The Morgan fingerprint density at radius 2 is 1.80 bits per heavy atom. The van der Waals surface area contributed by atoms with Gasteiger partial charge in [0.25, 0.3) is 0 Å². The van der Waals surface area contributed by atoms with Crippen molar-refractivity contribution in [2.24, 2.45) is 0 Å². The van der Waals surface area contributed by atoms with Crippen LogP contribution in [0.4, 0.5) is 13.2 Å². The number of rotatable bonds is 0. The van der Waals surface area contributed by atoms with Crippen molar-refractivity contribution < 1.29 is 13.2 Å². The molecule has 0 unspecified atom stereocenters. The highest BCUT2D eigenvalue weighted by Crippen LogP contribution is 2.34. The van der Waals surface area contributed by atoms with Crippen LogP contribution < -0.4 is 0 Å². The molecular formula is C11H12F3N. The number of pyridine rings is 1. The van der Waals surface area contributed by atoms with Gasteiger partial charge < -0.3 is 0 Å². The molecule has 0 saturated heterocycles. The lowest BCUT2D eigenvalue weighted by Gasteiger charge is -2.13. The van der Waals surface area contributed by atoms with Gasteiger partial charge in [-0.1, -0.05) is 6.42 Å². The Morgan fingerprint density at radius 1 is 1.07 bits per heavy atom. The van der Waals surface area contributed by atoms with Gasteiger partial charge in [0.2, 0.25) is 0 Å². The predicted molar refractivity (Wildman–Crippen MR) is 50.5 cm³/mol. The fraction of sp³-hybridized carbons (Fsp3) is 0.545. The van der Waals surface area contributed by atoms with Crippen molar-refractivity contribution in [2.75, 3.05) is 0 Å². The van der Waals surface area contributed by atoms with Gasteiger partial charge in [0.05, 0.1) is 0 Å². The largest absolute Gasteiger partial charge is 0.433 e. The SMILES string of the molecule is FC(F)(F)c1nccc2c1CCCCC2. The van der Waals surface area contributed by atoms with Gasteiger partial charge in [-0.2, -0.15) is 13.2 Å². The van der Waals surface area contributed by atoms with Crippen molar-refractivity contribution in [3.8, 4) is 0 Å². The quantitative estimate of drug-likeness (QED) is 0.604. The normalized spacial score (nSPS) is 17.0. The summed E-state index contributed by atoms with van der Waals surface area (Å²) in [4.78, 5) is 3.48.